The van der Waals surface area contributed by atoms with E-state index in [1.54, 1.807) is 32.8 Å². The van der Waals surface area contributed by atoms with Gasteiger partial charge in [0.05, 0.1) is 32.7 Å². The van der Waals surface area contributed by atoms with E-state index in [1.807, 2.05) is 62.4 Å². The number of carbonyl (C=O) groups excluding carboxylic acids is 1. The van der Waals surface area contributed by atoms with Gasteiger partial charge >= 0.3 is 0 Å². The van der Waals surface area contributed by atoms with Gasteiger partial charge in [-0.2, -0.15) is 0 Å². The van der Waals surface area contributed by atoms with Crippen molar-refractivity contribution in [2.45, 2.75) is 20.4 Å². The van der Waals surface area contributed by atoms with Gasteiger partial charge in [0.25, 0.3) is 0 Å². The molecule has 4 aromatic rings. The van der Waals surface area contributed by atoms with Gasteiger partial charge in [-0.15, -0.1) is 0 Å². The molecule has 0 atom stereocenters. The van der Waals surface area contributed by atoms with Crippen molar-refractivity contribution in [2.75, 3.05) is 14.2 Å². The van der Waals surface area contributed by atoms with Crippen molar-refractivity contribution in [3.8, 4) is 22.6 Å². The SMILES string of the molecule is COc1cccc(-c2coc3c(C)c(OC)c(/C(C)=C/C(=O)NCc4ccccn4)cc23)c1. The van der Waals surface area contributed by atoms with E-state index in [-0.39, 0.29) is 5.91 Å². The first kappa shape index (κ1) is 22.1. The number of carbonyl (C=O) groups is 1. The van der Waals surface area contributed by atoms with Gasteiger partial charge in [-0.3, -0.25) is 9.78 Å². The first-order valence-corrected chi connectivity index (χ1v) is 10.6. The zero-order chi connectivity index (χ0) is 23.4. The molecular weight excluding hydrogens is 416 g/mol. The number of methoxy groups -OCH3 is 2. The van der Waals surface area contributed by atoms with Gasteiger partial charge < -0.3 is 19.2 Å². The third-order valence-electron chi connectivity index (χ3n) is 5.57. The standard InChI is InChI=1S/C27H26N2O4/c1-17(12-25(30)29-15-20-9-5-6-11-28-20)22-14-23-24(19-8-7-10-21(13-19)31-3)16-33-27(23)18(2)26(22)32-4/h5-14,16H,15H2,1-4H3,(H,29,30)/b17-12+. The molecule has 0 radical (unpaired) electrons. The van der Waals surface area contributed by atoms with Gasteiger partial charge in [-0.1, -0.05) is 18.2 Å². The number of nitrogens with one attached hydrogen (secondary N) is 1. The van der Waals surface area contributed by atoms with Gasteiger partial charge in [0.15, 0.2) is 0 Å². The van der Waals surface area contributed by atoms with E-state index >= 15 is 0 Å². The molecule has 0 aliphatic rings. The number of benzene rings is 2. The molecule has 6 heteroatoms. The van der Waals surface area contributed by atoms with Crippen LogP contribution in [0.25, 0.3) is 27.7 Å². The maximum Gasteiger partial charge on any atom is 0.244 e. The Bertz CT molecular complexity index is 1320. The number of hydrogen-bond acceptors (Lipinski definition) is 5. The molecule has 4 rings (SSSR count). The molecule has 0 saturated heterocycles. The van der Waals surface area contributed by atoms with Gasteiger partial charge in [0, 0.05) is 34.3 Å². The Hall–Kier alpha value is -4.06. The van der Waals surface area contributed by atoms with Gasteiger partial charge in [-0.25, -0.2) is 0 Å². The maximum absolute atomic E-state index is 12.6. The lowest BCUT2D eigenvalue weighted by molar-refractivity contribution is -0.116. The predicted octanol–water partition coefficient (Wildman–Crippen LogP) is 5.54. The van der Waals surface area contributed by atoms with E-state index in [0.29, 0.717) is 12.3 Å². The quantitative estimate of drug-likeness (QED) is 0.381. The summed E-state index contributed by atoms with van der Waals surface area (Å²) in [4.78, 5) is 16.8. The van der Waals surface area contributed by atoms with Gasteiger partial charge in [0.2, 0.25) is 5.91 Å². The third-order valence-corrected chi connectivity index (χ3v) is 5.57. The molecule has 1 N–H and O–H groups in total. The number of aryl methyl sites for hydroxylation is 1. The van der Waals surface area contributed by atoms with E-state index in [2.05, 4.69) is 10.3 Å². The number of fused-ring (bicyclic) bond motifs is 1. The minimum absolute atomic E-state index is 0.196. The van der Waals surface area contributed by atoms with Crippen molar-refractivity contribution in [1.29, 1.82) is 0 Å². The van der Waals surface area contributed by atoms with E-state index < -0.39 is 0 Å². The van der Waals surface area contributed by atoms with Crippen molar-refractivity contribution in [1.82, 2.24) is 10.3 Å². The molecule has 6 nitrogen and oxygen atoms in total. The van der Waals surface area contributed by atoms with Crippen molar-refractivity contribution in [2.24, 2.45) is 0 Å². The van der Waals surface area contributed by atoms with Crippen molar-refractivity contribution >= 4 is 22.4 Å². The Balaban J connectivity index is 1.71. The van der Waals surface area contributed by atoms with Crippen LogP contribution >= 0.6 is 0 Å². The minimum Gasteiger partial charge on any atom is -0.497 e. The van der Waals surface area contributed by atoms with Crippen molar-refractivity contribution in [3.05, 3.63) is 83.9 Å². The second-order valence-corrected chi connectivity index (χ2v) is 7.71. The highest BCUT2D eigenvalue weighted by Gasteiger charge is 2.19. The molecule has 0 unspecified atom stereocenters. The second kappa shape index (κ2) is 9.61. The van der Waals surface area contributed by atoms with E-state index in [1.165, 1.54) is 0 Å². The Kier molecular flexibility index (Phi) is 6.45. The van der Waals surface area contributed by atoms with Crippen molar-refractivity contribution < 1.29 is 18.7 Å². The fraction of sp³-hybridized carbons (Fsp3) is 0.185. The summed E-state index contributed by atoms with van der Waals surface area (Å²) in [6, 6.07) is 15.5. The number of pyridine rings is 1. The molecule has 0 aliphatic heterocycles. The van der Waals surface area contributed by atoms with E-state index in [9.17, 15) is 4.79 Å². The highest BCUT2D eigenvalue weighted by Crippen LogP contribution is 2.41. The lowest BCUT2D eigenvalue weighted by Crippen LogP contribution is -2.21. The molecule has 2 aromatic heterocycles. The summed E-state index contributed by atoms with van der Waals surface area (Å²) in [5.74, 6) is 1.26. The summed E-state index contributed by atoms with van der Waals surface area (Å²) in [6.45, 7) is 4.22. The molecule has 33 heavy (non-hydrogen) atoms. The summed E-state index contributed by atoms with van der Waals surface area (Å²) < 4.78 is 17.0. The van der Waals surface area contributed by atoms with Gasteiger partial charge in [-0.05, 0) is 55.3 Å². The zero-order valence-corrected chi connectivity index (χ0v) is 19.1. The first-order chi connectivity index (χ1) is 16.0. The Morgan fingerprint density at radius 1 is 1.12 bits per heavy atom. The smallest absolute Gasteiger partial charge is 0.244 e. The number of allylic oxidation sites excluding steroid dienone is 1. The molecule has 0 aliphatic carbocycles. The summed E-state index contributed by atoms with van der Waals surface area (Å²) in [7, 11) is 3.27. The van der Waals surface area contributed by atoms with Crippen LogP contribution in [0.2, 0.25) is 0 Å². The molecule has 0 fully saturated rings. The number of nitrogens with zero attached hydrogens (tertiary/aromatic N) is 1. The number of amides is 1. The fourth-order valence-corrected chi connectivity index (χ4v) is 3.89. The van der Waals surface area contributed by atoms with Gasteiger partial charge in [0.1, 0.15) is 17.1 Å². The number of ether oxygens (including phenoxy) is 2. The largest absolute Gasteiger partial charge is 0.497 e. The number of furan rings is 1. The Labute approximate surface area is 192 Å². The summed E-state index contributed by atoms with van der Waals surface area (Å²) >= 11 is 0. The van der Waals surface area contributed by atoms with Crippen LogP contribution in [-0.2, 0) is 11.3 Å². The summed E-state index contributed by atoms with van der Waals surface area (Å²) in [5, 5.41) is 3.83. The maximum atomic E-state index is 12.6. The third kappa shape index (κ3) is 4.60. The number of rotatable bonds is 7. The average molecular weight is 443 g/mol. The van der Waals surface area contributed by atoms with E-state index in [4.69, 9.17) is 13.9 Å². The second-order valence-electron chi connectivity index (χ2n) is 7.71. The zero-order valence-electron chi connectivity index (χ0n) is 19.1. The van der Waals surface area contributed by atoms with Crippen LogP contribution in [0.4, 0.5) is 0 Å². The highest BCUT2D eigenvalue weighted by molar-refractivity contribution is 6.01. The molecule has 168 valence electrons. The van der Waals surface area contributed by atoms with Crippen LogP contribution in [0.15, 0.2) is 71.5 Å². The lowest BCUT2D eigenvalue weighted by Gasteiger charge is -2.13. The molecule has 2 aromatic carbocycles. The lowest BCUT2D eigenvalue weighted by atomic mass is 9.96. The first-order valence-electron chi connectivity index (χ1n) is 10.6. The number of aromatic nitrogens is 1. The summed E-state index contributed by atoms with van der Waals surface area (Å²) in [5.41, 5.74) is 5.98. The molecular formula is C27H26N2O4. The van der Waals surface area contributed by atoms with Crippen molar-refractivity contribution in [3.63, 3.8) is 0 Å². The summed E-state index contributed by atoms with van der Waals surface area (Å²) in [6.07, 6.45) is 5.03. The van der Waals surface area contributed by atoms with Crippen LogP contribution in [0.5, 0.6) is 11.5 Å². The monoisotopic (exact) mass is 442 g/mol. The highest BCUT2D eigenvalue weighted by atomic mass is 16.5. The van der Waals surface area contributed by atoms with Crippen LogP contribution in [0.1, 0.15) is 23.7 Å². The normalized spacial score (nSPS) is 11.5. The van der Waals surface area contributed by atoms with Crippen LogP contribution < -0.4 is 14.8 Å². The molecule has 0 saturated carbocycles. The fourth-order valence-electron chi connectivity index (χ4n) is 3.89. The molecule has 2 heterocycles. The number of hydrogen-bond donors (Lipinski definition) is 1. The topological polar surface area (TPSA) is 73.6 Å². The average Bonchev–Trinajstić information content (AvgIpc) is 3.28. The molecule has 0 spiro atoms. The molecule has 1 amide bonds. The minimum atomic E-state index is -0.196. The Morgan fingerprint density at radius 3 is 2.70 bits per heavy atom. The molecule has 0 bridgehead atoms. The predicted molar refractivity (Wildman–Crippen MR) is 129 cm³/mol. The van der Waals surface area contributed by atoms with Crippen LogP contribution in [0, 0.1) is 6.92 Å². The Morgan fingerprint density at radius 2 is 1.97 bits per heavy atom. The van der Waals surface area contributed by atoms with Crippen LogP contribution in [-0.4, -0.2) is 25.1 Å². The van der Waals surface area contributed by atoms with E-state index in [0.717, 1.165) is 50.2 Å². The van der Waals surface area contributed by atoms with Crippen LogP contribution in [0.3, 0.4) is 0 Å².